The van der Waals surface area contributed by atoms with Gasteiger partial charge in [0.15, 0.2) is 5.82 Å². The molecule has 0 bridgehead atoms. The van der Waals surface area contributed by atoms with E-state index < -0.39 is 6.36 Å². The Labute approximate surface area is 141 Å². The van der Waals surface area contributed by atoms with Gasteiger partial charge in [0.25, 0.3) is 0 Å². The van der Waals surface area contributed by atoms with E-state index in [1.54, 1.807) is 35.3 Å². The molecule has 3 aromatic rings. The number of para-hydroxylation sites is 1. The maximum Gasteiger partial charge on any atom is 0.573 e. The number of ether oxygens (including phenoxy) is 1. The topological polar surface area (TPSA) is 64.9 Å². The van der Waals surface area contributed by atoms with E-state index in [0.29, 0.717) is 17.2 Å². The second-order valence-electron chi connectivity index (χ2n) is 5.23. The number of hydrogen-bond acceptors (Lipinski definition) is 5. The lowest BCUT2D eigenvalue weighted by atomic mass is 10.2. The minimum absolute atomic E-state index is 0.112. The average Bonchev–Trinajstić information content (AvgIpc) is 2.99. The van der Waals surface area contributed by atoms with Crippen molar-refractivity contribution in [3.63, 3.8) is 0 Å². The lowest BCUT2D eigenvalue weighted by Gasteiger charge is -2.14. The largest absolute Gasteiger partial charge is 0.573 e. The SMILES string of the molecule is Cc1cnn(-c2cc(NCc3ccccc3OC(F)(F)F)ncn2)c1. The first-order valence-corrected chi connectivity index (χ1v) is 7.32. The average molecular weight is 349 g/mol. The Morgan fingerprint density at radius 2 is 2.00 bits per heavy atom. The van der Waals surface area contributed by atoms with Crippen LogP contribution in [0.2, 0.25) is 0 Å². The van der Waals surface area contributed by atoms with Gasteiger partial charge in [0.2, 0.25) is 0 Å². The van der Waals surface area contributed by atoms with E-state index >= 15 is 0 Å². The molecule has 0 aliphatic rings. The fourth-order valence-corrected chi connectivity index (χ4v) is 2.17. The fraction of sp³-hybridized carbons (Fsp3) is 0.188. The second-order valence-corrected chi connectivity index (χ2v) is 5.23. The minimum Gasteiger partial charge on any atom is -0.405 e. The number of nitrogens with zero attached hydrogens (tertiary/aromatic N) is 4. The molecule has 1 N–H and O–H groups in total. The van der Waals surface area contributed by atoms with E-state index in [4.69, 9.17) is 0 Å². The third-order valence-corrected chi connectivity index (χ3v) is 3.26. The molecule has 0 saturated carbocycles. The van der Waals surface area contributed by atoms with Crippen LogP contribution >= 0.6 is 0 Å². The van der Waals surface area contributed by atoms with Crippen molar-refractivity contribution in [1.82, 2.24) is 19.7 Å². The molecule has 0 aliphatic heterocycles. The van der Waals surface area contributed by atoms with Gasteiger partial charge < -0.3 is 10.1 Å². The highest BCUT2D eigenvalue weighted by molar-refractivity contribution is 5.43. The fourth-order valence-electron chi connectivity index (χ4n) is 2.17. The Morgan fingerprint density at radius 3 is 2.72 bits per heavy atom. The zero-order valence-corrected chi connectivity index (χ0v) is 13.2. The number of halogens is 3. The van der Waals surface area contributed by atoms with Gasteiger partial charge in [-0.25, -0.2) is 14.6 Å². The summed E-state index contributed by atoms with van der Waals surface area (Å²) in [4.78, 5) is 8.18. The molecule has 0 saturated heterocycles. The summed E-state index contributed by atoms with van der Waals surface area (Å²) >= 11 is 0. The van der Waals surface area contributed by atoms with Crippen LogP contribution in [0.5, 0.6) is 5.75 Å². The highest BCUT2D eigenvalue weighted by Gasteiger charge is 2.31. The molecular formula is C16H14F3N5O. The molecule has 0 aliphatic carbocycles. The number of anilines is 1. The van der Waals surface area contributed by atoms with Crippen LogP contribution in [0.15, 0.2) is 49.1 Å². The smallest absolute Gasteiger partial charge is 0.405 e. The van der Waals surface area contributed by atoms with Crippen molar-refractivity contribution in [2.75, 3.05) is 5.32 Å². The first-order valence-electron chi connectivity index (χ1n) is 7.32. The minimum atomic E-state index is -4.74. The van der Waals surface area contributed by atoms with Gasteiger partial charge in [0.05, 0.1) is 6.20 Å². The highest BCUT2D eigenvalue weighted by Crippen LogP contribution is 2.26. The number of alkyl halides is 3. The quantitative estimate of drug-likeness (QED) is 0.764. The third-order valence-electron chi connectivity index (χ3n) is 3.26. The van der Waals surface area contributed by atoms with E-state index in [1.165, 1.54) is 18.5 Å². The van der Waals surface area contributed by atoms with Crippen molar-refractivity contribution in [3.05, 3.63) is 60.2 Å². The summed E-state index contributed by atoms with van der Waals surface area (Å²) in [7, 11) is 0. The molecule has 3 rings (SSSR count). The van der Waals surface area contributed by atoms with Crippen LogP contribution in [0.1, 0.15) is 11.1 Å². The zero-order chi connectivity index (χ0) is 17.9. The number of aromatic nitrogens is 4. The van der Waals surface area contributed by atoms with E-state index in [1.807, 2.05) is 6.92 Å². The van der Waals surface area contributed by atoms with Crippen LogP contribution in [0, 0.1) is 6.92 Å². The van der Waals surface area contributed by atoms with Crippen LogP contribution in [-0.4, -0.2) is 26.1 Å². The first-order chi connectivity index (χ1) is 11.9. The van der Waals surface area contributed by atoms with Gasteiger partial charge >= 0.3 is 6.36 Å². The maximum atomic E-state index is 12.5. The Balaban J connectivity index is 1.74. The van der Waals surface area contributed by atoms with Crippen LogP contribution in [0.3, 0.4) is 0 Å². The summed E-state index contributed by atoms with van der Waals surface area (Å²) in [5, 5.41) is 7.12. The van der Waals surface area contributed by atoms with Crippen molar-refractivity contribution in [1.29, 1.82) is 0 Å². The lowest BCUT2D eigenvalue weighted by molar-refractivity contribution is -0.274. The third kappa shape index (κ3) is 4.46. The van der Waals surface area contributed by atoms with Gasteiger partial charge in [-0.15, -0.1) is 13.2 Å². The predicted octanol–water partition coefficient (Wildman–Crippen LogP) is 3.48. The number of aryl methyl sites for hydroxylation is 1. The van der Waals surface area contributed by atoms with Crippen LogP contribution in [0.4, 0.5) is 19.0 Å². The molecule has 2 aromatic heterocycles. The van der Waals surface area contributed by atoms with Crippen molar-refractivity contribution in [2.24, 2.45) is 0 Å². The molecule has 0 spiro atoms. The molecule has 0 atom stereocenters. The van der Waals surface area contributed by atoms with Crippen molar-refractivity contribution < 1.29 is 17.9 Å². The van der Waals surface area contributed by atoms with Gasteiger partial charge in [-0.2, -0.15) is 5.10 Å². The molecule has 9 heteroatoms. The lowest BCUT2D eigenvalue weighted by Crippen LogP contribution is -2.18. The van der Waals surface area contributed by atoms with Gasteiger partial charge in [0.1, 0.15) is 17.9 Å². The van der Waals surface area contributed by atoms with Crippen molar-refractivity contribution >= 4 is 5.82 Å². The molecule has 2 heterocycles. The Morgan fingerprint density at radius 1 is 1.20 bits per heavy atom. The Bertz CT molecular complexity index is 863. The molecule has 0 radical (unpaired) electrons. The summed E-state index contributed by atoms with van der Waals surface area (Å²) in [5.41, 5.74) is 1.33. The number of hydrogen-bond donors (Lipinski definition) is 1. The standard InChI is InChI=1S/C16H14F3N5O/c1-11-7-23-24(9-11)15-6-14(21-10-22-15)20-8-12-4-2-3-5-13(12)25-16(17,18)19/h2-7,9-10H,8H2,1H3,(H,20,21,22). The number of benzene rings is 1. The molecule has 1 aromatic carbocycles. The molecular weight excluding hydrogens is 335 g/mol. The normalized spacial score (nSPS) is 11.4. The van der Waals surface area contributed by atoms with Gasteiger partial charge in [-0.3, -0.25) is 0 Å². The zero-order valence-electron chi connectivity index (χ0n) is 13.2. The van der Waals surface area contributed by atoms with Crippen LogP contribution in [0.25, 0.3) is 5.82 Å². The van der Waals surface area contributed by atoms with E-state index in [0.717, 1.165) is 5.56 Å². The Hall–Kier alpha value is -3.10. The highest BCUT2D eigenvalue weighted by atomic mass is 19.4. The summed E-state index contributed by atoms with van der Waals surface area (Å²) in [6.45, 7) is 2.02. The molecule has 25 heavy (non-hydrogen) atoms. The molecule has 130 valence electrons. The van der Waals surface area contributed by atoms with Crippen LogP contribution < -0.4 is 10.1 Å². The van der Waals surface area contributed by atoms with Gasteiger partial charge in [0, 0.05) is 24.4 Å². The van der Waals surface area contributed by atoms with E-state index in [-0.39, 0.29) is 12.3 Å². The number of rotatable bonds is 5. The predicted molar refractivity (Wildman–Crippen MR) is 84.3 cm³/mol. The summed E-state index contributed by atoms with van der Waals surface area (Å²) < 4.78 is 43.0. The van der Waals surface area contributed by atoms with Crippen molar-refractivity contribution in [3.8, 4) is 11.6 Å². The summed E-state index contributed by atoms with van der Waals surface area (Å²) in [6.07, 6.45) is 0.113. The molecule has 6 nitrogen and oxygen atoms in total. The molecule has 0 amide bonds. The maximum absolute atomic E-state index is 12.5. The van der Waals surface area contributed by atoms with Crippen molar-refractivity contribution in [2.45, 2.75) is 19.8 Å². The summed E-state index contributed by atoms with van der Waals surface area (Å²) in [5.74, 6) is 0.755. The number of nitrogens with one attached hydrogen (secondary N) is 1. The molecule has 0 fully saturated rings. The summed E-state index contributed by atoms with van der Waals surface area (Å²) in [6, 6.07) is 7.58. The van der Waals surface area contributed by atoms with Gasteiger partial charge in [-0.1, -0.05) is 18.2 Å². The second kappa shape index (κ2) is 6.80. The van der Waals surface area contributed by atoms with Crippen LogP contribution in [-0.2, 0) is 6.54 Å². The monoisotopic (exact) mass is 349 g/mol. The van der Waals surface area contributed by atoms with Gasteiger partial charge in [-0.05, 0) is 18.6 Å². The van der Waals surface area contributed by atoms with E-state index in [9.17, 15) is 13.2 Å². The van der Waals surface area contributed by atoms with E-state index in [2.05, 4.69) is 25.1 Å². The Kier molecular flexibility index (Phi) is 4.55. The first kappa shape index (κ1) is 16.7. The molecule has 0 unspecified atom stereocenters.